The van der Waals surface area contributed by atoms with Gasteiger partial charge in [0.2, 0.25) is 6.10 Å². The highest BCUT2D eigenvalue weighted by Gasteiger charge is 2.58. The highest BCUT2D eigenvalue weighted by molar-refractivity contribution is 5.06. The van der Waals surface area contributed by atoms with Gasteiger partial charge in [-0.15, -0.1) is 0 Å². The fourth-order valence-electron chi connectivity index (χ4n) is 1.31. The first-order chi connectivity index (χ1) is 8.64. The van der Waals surface area contributed by atoms with Crippen molar-refractivity contribution in [3.8, 4) is 0 Å². The lowest BCUT2D eigenvalue weighted by Gasteiger charge is -2.22. The van der Waals surface area contributed by atoms with E-state index in [1.807, 2.05) is 0 Å². The van der Waals surface area contributed by atoms with Crippen molar-refractivity contribution in [3.05, 3.63) is 23.7 Å². The first-order valence-electron chi connectivity index (χ1n) is 5.12. The third-order valence-corrected chi connectivity index (χ3v) is 2.06. The van der Waals surface area contributed by atoms with Crippen molar-refractivity contribution in [3.63, 3.8) is 0 Å². The Morgan fingerprint density at radius 1 is 1.11 bits per heavy atom. The van der Waals surface area contributed by atoms with Crippen LogP contribution in [0.3, 0.4) is 0 Å². The van der Waals surface area contributed by atoms with E-state index in [1.165, 1.54) is 12.1 Å². The van der Waals surface area contributed by atoms with Crippen molar-refractivity contribution in [2.45, 2.75) is 31.6 Å². The van der Waals surface area contributed by atoms with Gasteiger partial charge >= 0.3 is 12.4 Å². The van der Waals surface area contributed by atoms with E-state index >= 15 is 0 Å². The van der Waals surface area contributed by atoms with Crippen LogP contribution in [0, 0.1) is 0 Å². The van der Waals surface area contributed by atoms with Crippen LogP contribution in [-0.2, 0) is 17.9 Å². The molecule has 0 aromatic carbocycles. The predicted octanol–water partition coefficient (Wildman–Crippen LogP) is 3.01. The summed E-state index contributed by atoms with van der Waals surface area (Å²) in [6.07, 6.45) is -14.9. The van der Waals surface area contributed by atoms with Gasteiger partial charge in [-0.3, -0.25) is 0 Å². The molecule has 110 valence electrons. The molecule has 0 aliphatic rings. The summed E-state index contributed by atoms with van der Waals surface area (Å²) in [7, 11) is 1.61. The Morgan fingerprint density at radius 3 is 2.11 bits per heavy atom. The van der Waals surface area contributed by atoms with Gasteiger partial charge in [-0.25, -0.2) is 0 Å². The molecule has 0 saturated heterocycles. The number of furan rings is 1. The van der Waals surface area contributed by atoms with Crippen molar-refractivity contribution in [1.82, 2.24) is 5.32 Å². The van der Waals surface area contributed by atoms with Gasteiger partial charge in [-0.05, 0) is 19.2 Å². The van der Waals surface area contributed by atoms with Gasteiger partial charge in [-0.2, -0.15) is 26.3 Å². The van der Waals surface area contributed by atoms with Crippen molar-refractivity contribution in [2.24, 2.45) is 0 Å². The maximum atomic E-state index is 12.2. The molecule has 9 heteroatoms. The minimum atomic E-state index is -5.52. The summed E-state index contributed by atoms with van der Waals surface area (Å²) >= 11 is 0. The van der Waals surface area contributed by atoms with Gasteiger partial charge in [0.15, 0.2) is 0 Å². The Hall–Kier alpha value is -1.22. The molecule has 0 amide bonds. The molecule has 19 heavy (non-hydrogen) atoms. The van der Waals surface area contributed by atoms with Crippen LogP contribution in [0.25, 0.3) is 0 Å². The Morgan fingerprint density at radius 2 is 1.63 bits per heavy atom. The average Bonchev–Trinajstić information content (AvgIpc) is 2.62. The Balaban J connectivity index is 2.66. The van der Waals surface area contributed by atoms with Crippen LogP contribution in [0.5, 0.6) is 0 Å². The van der Waals surface area contributed by atoms with E-state index in [2.05, 4.69) is 10.1 Å². The zero-order chi connectivity index (χ0) is 14.7. The molecule has 1 N–H and O–H groups in total. The summed E-state index contributed by atoms with van der Waals surface area (Å²) in [5, 5.41) is 2.72. The molecule has 0 radical (unpaired) electrons. The molecule has 0 bridgehead atoms. The summed E-state index contributed by atoms with van der Waals surface area (Å²) in [5.41, 5.74) is 0. The van der Waals surface area contributed by atoms with Crippen LogP contribution < -0.4 is 5.32 Å². The summed E-state index contributed by atoms with van der Waals surface area (Å²) in [4.78, 5) is 0. The van der Waals surface area contributed by atoms with Gasteiger partial charge in [0, 0.05) is 0 Å². The Kier molecular flexibility index (Phi) is 4.86. The zero-order valence-corrected chi connectivity index (χ0v) is 9.73. The van der Waals surface area contributed by atoms with Crippen LogP contribution in [0.15, 0.2) is 16.5 Å². The van der Waals surface area contributed by atoms with E-state index in [4.69, 9.17) is 4.42 Å². The summed E-state index contributed by atoms with van der Waals surface area (Å²) in [6, 6.07) is 2.70. The van der Waals surface area contributed by atoms with E-state index < -0.39 is 25.1 Å². The zero-order valence-electron chi connectivity index (χ0n) is 9.73. The standard InChI is InChI=1S/C10H11F6NO2/c1-17-4-6-2-3-7(19-6)5-18-8(9(11,12)13)10(14,15)16/h2-3,8,17H,4-5H2,1H3. The lowest BCUT2D eigenvalue weighted by atomic mass is 10.3. The summed E-state index contributed by atoms with van der Waals surface area (Å²) in [5.74, 6) is 0.278. The van der Waals surface area contributed by atoms with E-state index in [0.717, 1.165) is 0 Å². The van der Waals surface area contributed by atoms with Crippen molar-refractivity contribution >= 4 is 0 Å². The largest absolute Gasteiger partial charge is 0.462 e. The van der Waals surface area contributed by atoms with Gasteiger partial charge in [0.25, 0.3) is 0 Å². The fraction of sp³-hybridized carbons (Fsp3) is 0.600. The molecule has 3 nitrogen and oxygen atoms in total. The topological polar surface area (TPSA) is 34.4 Å². The van der Waals surface area contributed by atoms with Gasteiger partial charge < -0.3 is 14.5 Å². The molecule has 1 aromatic heterocycles. The summed E-state index contributed by atoms with van der Waals surface area (Å²) < 4.78 is 81.8. The molecule has 0 aliphatic heterocycles. The molecule has 0 fully saturated rings. The van der Waals surface area contributed by atoms with E-state index in [9.17, 15) is 26.3 Å². The van der Waals surface area contributed by atoms with E-state index in [1.54, 1.807) is 7.05 Å². The maximum absolute atomic E-state index is 12.2. The normalized spacial score (nSPS) is 13.3. The summed E-state index contributed by atoms with van der Waals surface area (Å²) in [6.45, 7) is -0.602. The molecule has 0 spiro atoms. The minimum absolute atomic E-state index is 0.108. The Bertz CT molecular complexity index is 383. The smallest absolute Gasteiger partial charge is 0.423 e. The molecule has 0 unspecified atom stereocenters. The fourth-order valence-corrected chi connectivity index (χ4v) is 1.31. The van der Waals surface area contributed by atoms with E-state index in [-0.39, 0.29) is 5.76 Å². The quantitative estimate of drug-likeness (QED) is 0.847. The first kappa shape index (κ1) is 15.8. The monoisotopic (exact) mass is 291 g/mol. The molecule has 1 aromatic rings. The van der Waals surface area contributed by atoms with Gasteiger partial charge in [0.05, 0.1) is 6.54 Å². The van der Waals surface area contributed by atoms with E-state index in [0.29, 0.717) is 12.3 Å². The van der Waals surface area contributed by atoms with Crippen molar-refractivity contribution < 1.29 is 35.5 Å². The van der Waals surface area contributed by atoms with Crippen LogP contribution >= 0.6 is 0 Å². The molecule has 0 saturated carbocycles. The number of hydrogen-bond acceptors (Lipinski definition) is 3. The third-order valence-electron chi connectivity index (χ3n) is 2.06. The van der Waals surface area contributed by atoms with Crippen LogP contribution in [0.2, 0.25) is 0 Å². The lowest BCUT2D eigenvalue weighted by molar-refractivity contribution is -0.325. The van der Waals surface area contributed by atoms with Crippen LogP contribution in [0.4, 0.5) is 26.3 Å². The number of hydrogen-bond donors (Lipinski definition) is 1. The third kappa shape index (κ3) is 4.75. The second kappa shape index (κ2) is 5.83. The second-order valence-corrected chi connectivity index (χ2v) is 3.67. The maximum Gasteiger partial charge on any atom is 0.423 e. The molecule has 0 aliphatic carbocycles. The average molecular weight is 291 g/mol. The molecule has 1 rings (SSSR count). The number of rotatable bonds is 5. The molecule has 0 atom stereocenters. The van der Waals surface area contributed by atoms with Crippen LogP contribution in [-0.4, -0.2) is 25.5 Å². The predicted molar refractivity (Wildman–Crippen MR) is 52.2 cm³/mol. The Labute approximate surface area is 104 Å². The highest BCUT2D eigenvalue weighted by atomic mass is 19.4. The SMILES string of the molecule is CNCc1ccc(COC(C(F)(F)F)C(F)(F)F)o1. The molecular weight excluding hydrogens is 280 g/mol. The van der Waals surface area contributed by atoms with Crippen molar-refractivity contribution in [1.29, 1.82) is 0 Å². The first-order valence-corrected chi connectivity index (χ1v) is 5.12. The van der Waals surface area contributed by atoms with Crippen molar-refractivity contribution in [2.75, 3.05) is 7.05 Å². The van der Waals surface area contributed by atoms with Crippen LogP contribution in [0.1, 0.15) is 11.5 Å². The second-order valence-electron chi connectivity index (χ2n) is 3.67. The highest BCUT2D eigenvalue weighted by Crippen LogP contribution is 2.36. The minimum Gasteiger partial charge on any atom is -0.462 e. The lowest BCUT2D eigenvalue weighted by Crippen LogP contribution is -2.44. The van der Waals surface area contributed by atoms with Gasteiger partial charge in [0.1, 0.15) is 18.1 Å². The number of alkyl halides is 6. The number of ether oxygens (including phenoxy) is 1. The number of halogens is 6. The number of nitrogens with one attached hydrogen (secondary N) is 1. The molecular formula is C10H11F6NO2. The molecule has 1 heterocycles. The van der Waals surface area contributed by atoms with Gasteiger partial charge in [-0.1, -0.05) is 0 Å².